The molecule has 2 aromatic carbocycles. The number of nitrogens with two attached hydrogens (primary N) is 1. The van der Waals surface area contributed by atoms with E-state index in [1.165, 1.54) is 0 Å². The topological polar surface area (TPSA) is 64.3 Å². The normalized spacial score (nSPS) is 19.8. The molecule has 1 amide bonds. The van der Waals surface area contributed by atoms with Crippen molar-refractivity contribution >= 4 is 28.6 Å². The van der Waals surface area contributed by atoms with Crippen LogP contribution in [0.4, 0.5) is 11.4 Å². The van der Waals surface area contributed by atoms with Crippen LogP contribution in [0.5, 0.6) is 0 Å². The summed E-state index contributed by atoms with van der Waals surface area (Å²) in [5.41, 5.74) is 9.76. The fourth-order valence-electron chi connectivity index (χ4n) is 3.17. The summed E-state index contributed by atoms with van der Waals surface area (Å²) in [5, 5.41) is 4.96. The summed E-state index contributed by atoms with van der Waals surface area (Å²) in [6.07, 6.45) is 0. The quantitative estimate of drug-likeness (QED) is 0.680. The van der Waals surface area contributed by atoms with Crippen LogP contribution in [-0.4, -0.2) is 12.5 Å². The molecule has 1 aromatic heterocycles. The van der Waals surface area contributed by atoms with Gasteiger partial charge in [-0.2, -0.15) is 0 Å². The van der Waals surface area contributed by atoms with Crippen molar-refractivity contribution in [2.45, 2.75) is 12.5 Å². The Balaban J connectivity index is 1.90. The van der Waals surface area contributed by atoms with Crippen LogP contribution in [0.25, 0.3) is 11.1 Å². The Hall–Kier alpha value is -2.63. The number of carbonyl (C=O) groups is 1. The average molecular weight is 350 g/mol. The Kier molecular flexibility index (Phi) is 3.82. The Morgan fingerprint density at radius 2 is 1.96 bits per heavy atom. The Bertz CT molecular complexity index is 937. The predicted octanol–water partition coefficient (Wildman–Crippen LogP) is 4.23. The van der Waals surface area contributed by atoms with E-state index in [9.17, 15) is 4.79 Å². The molecule has 3 aromatic rings. The fraction of sp³-hybridized carbons (Fsp3) is 0.150. The highest BCUT2D eigenvalue weighted by molar-refractivity contribution is 7.10. The molecular weight excluding hydrogens is 332 g/mol. The maximum absolute atomic E-state index is 12.1. The van der Waals surface area contributed by atoms with Gasteiger partial charge >= 0.3 is 0 Å². The number of carbonyl (C=O) groups excluding carboxylic acids is 1. The molecule has 4 nitrogen and oxygen atoms in total. The van der Waals surface area contributed by atoms with E-state index in [2.05, 4.69) is 11.4 Å². The van der Waals surface area contributed by atoms with Gasteiger partial charge in [0, 0.05) is 21.8 Å². The van der Waals surface area contributed by atoms with Gasteiger partial charge in [0.15, 0.2) is 0 Å². The van der Waals surface area contributed by atoms with Crippen molar-refractivity contribution in [3.63, 3.8) is 0 Å². The molecule has 4 rings (SSSR count). The molecule has 126 valence electrons. The highest BCUT2D eigenvalue weighted by Gasteiger charge is 2.36. The van der Waals surface area contributed by atoms with Gasteiger partial charge < -0.3 is 15.8 Å². The first kappa shape index (κ1) is 15.9. The molecule has 1 unspecified atom stereocenters. The Morgan fingerprint density at radius 1 is 1.12 bits per heavy atom. The van der Waals surface area contributed by atoms with Crippen molar-refractivity contribution in [2.24, 2.45) is 0 Å². The van der Waals surface area contributed by atoms with Gasteiger partial charge in [-0.15, -0.1) is 11.3 Å². The van der Waals surface area contributed by atoms with E-state index in [1.54, 1.807) is 11.3 Å². The van der Waals surface area contributed by atoms with Gasteiger partial charge in [0.1, 0.15) is 12.2 Å². The molecule has 25 heavy (non-hydrogen) atoms. The van der Waals surface area contributed by atoms with E-state index in [4.69, 9.17) is 10.5 Å². The molecule has 0 spiro atoms. The summed E-state index contributed by atoms with van der Waals surface area (Å²) in [4.78, 5) is 13.1. The van der Waals surface area contributed by atoms with Crippen LogP contribution in [0.15, 0.2) is 60.0 Å². The molecule has 2 heterocycles. The maximum Gasteiger partial charge on any atom is 0.250 e. The number of nitrogen functional groups attached to an aromatic ring is 1. The van der Waals surface area contributed by atoms with Crippen LogP contribution >= 0.6 is 11.3 Å². The number of benzene rings is 2. The number of ether oxygens (including phenoxy) is 1. The zero-order valence-electron chi connectivity index (χ0n) is 13.8. The van der Waals surface area contributed by atoms with Gasteiger partial charge in [0.2, 0.25) is 5.91 Å². The molecule has 0 saturated carbocycles. The third-order valence-corrected chi connectivity index (χ3v) is 5.58. The summed E-state index contributed by atoms with van der Waals surface area (Å²) in [5.74, 6) is -0.141. The molecule has 5 heteroatoms. The SMILES string of the molecule is CC1(c2cccs2)OCC(=O)Nc2ccc(-c3cccc(N)c3)cc21. The van der Waals surface area contributed by atoms with Crippen molar-refractivity contribution in [3.05, 3.63) is 70.4 Å². The molecule has 0 radical (unpaired) electrons. The summed E-state index contributed by atoms with van der Waals surface area (Å²) in [7, 11) is 0. The van der Waals surface area contributed by atoms with E-state index in [1.807, 2.05) is 60.8 Å². The van der Waals surface area contributed by atoms with Gasteiger partial charge in [-0.05, 0) is 53.8 Å². The first-order valence-electron chi connectivity index (χ1n) is 8.04. The second-order valence-electron chi connectivity index (χ2n) is 6.23. The van der Waals surface area contributed by atoms with Crippen molar-refractivity contribution < 1.29 is 9.53 Å². The van der Waals surface area contributed by atoms with Crippen LogP contribution in [0.2, 0.25) is 0 Å². The monoisotopic (exact) mass is 350 g/mol. The van der Waals surface area contributed by atoms with E-state index < -0.39 is 5.60 Å². The first-order valence-corrected chi connectivity index (χ1v) is 8.92. The molecule has 1 atom stereocenters. The minimum Gasteiger partial charge on any atom is -0.399 e. The van der Waals surface area contributed by atoms with E-state index in [0.29, 0.717) is 0 Å². The third-order valence-electron chi connectivity index (χ3n) is 4.51. The van der Waals surface area contributed by atoms with Crippen LogP contribution in [0, 0.1) is 0 Å². The van der Waals surface area contributed by atoms with Crippen LogP contribution in [0.1, 0.15) is 17.4 Å². The summed E-state index contributed by atoms with van der Waals surface area (Å²) in [6, 6.07) is 17.8. The zero-order chi connectivity index (χ0) is 17.4. The zero-order valence-corrected chi connectivity index (χ0v) is 14.6. The van der Waals surface area contributed by atoms with Gasteiger partial charge in [-0.25, -0.2) is 0 Å². The van der Waals surface area contributed by atoms with Gasteiger partial charge in [0.05, 0.1) is 0 Å². The maximum atomic E-state index is 12.1. The first-order chi connectivity index (χ1) is 12.1. The van der Waals surface area contributed by atoms with Crippen LogP contribution < -0.4 is 11.1 Å². The standard InChI is InChI=1S/C20H18N2O2S/c1-20(18-6-3-9-25-18)16-11-14(13-4-2-5-15(21)10-13)7-8-17(16)22-19(23)12-24-20/h2-11H,12,21H2,1H3,(H,22,23). The number of hydrogen-bond acceptors (Lipinski definition) is 4. The van der Waals surface area contributed by atoms with E-state index in [0.717, 1.165) is 32.9 Å². The van der Waals surface area contributed by atoms with Gasteiger partial charge in [-0.3, -0.25) is 4.79 Å². The molecule has 1 aliphatic heterocycles. The van der Waals surface area contributed by atoms with Crippen molar-refractivity contribution in [2.75, 3.05) is 17.7 Å². The average Bonchev–Trinajstić information content (AvgIpc) is 3.11. The Morgan fingerprint density at radius 3 is 2.72 bits per heavy atom. The highest BCUT2D eigenvalue weighted by atomic mass is 32.1. The fourth-order valence-corrected chi connectivity index (χ4v) is 4.03. The van der Waals surface area contributed by atoms with E-state index >= 15 is 0 Å². The highest BCUT2D eigenvalue weighted by Crippen LogP contribution is 2.42. The second kappa shape index (κ2) is 6.02. The number of anilines is 2. The summed E-state index contributed by atoms with van der Waals surface area (Å²) >= 11 is 1.62. The lowest BCUT2D eigenvalue weighted by molar-refractivity contribution is -0.124. The number of nitrogens with one attached hydrogen (secondary N) is 1. The van der Waals surface area contributed by atoms with Crippen LogP contribution in [-0.2, 0) is 15.1 Å². The number of thiophene rings is 1. The third kappa shape index (κ3) is 2.81. The summed E-state index contributed by atoms with van der Waals surface area (Å²) < 4.78 is 6.06. The second-order valence-corrected chi connectivity index (χ2v) is 7.18. The molecular formula is C20H18N2O2S. The Labute approximate surface area is 150 Å². The van der Waals surface area contributed by atoms with Gasteiger partial charge in [0.25, 0.3) is 0 Å². The van der Waals surface area contributed by atoms with Gasteiger partial charge in [-0.1, -0.05) is 24.3 Å². The lowest BCUT2D eigenvalue weighted by Gasteiger charge is -2.29. The molecule has 1 aliphatic rings. The molecule has 0 fully saturated rings. The minimum absolute atomic E-state index is 0.0245. The van der Waals surface area contributed by atoms with E-state index in [-0.39, 0.29) is 12.5 Å². The smallest absolute Gasteiger partial charge is 0.250 e. The lowest BCUT2D eigenvalue weighted by atomic mass is 9.89. The molecule has 0 saturated heterocycles. The number of rotatable bonds is 2. The lowest BCUT2D eigenvalue weighted by Crippen LogP contribution is -2.27. The summed E-state index contributed by atoms with van der Waals surface area (Å²) in [6.45, 7) is 2.04. The van der Waals surface area contributed by atoms with Crippen molar-refractivity contribution in [1.29, 1.82) is 0 Å². The predicted molar refractivity (Wildman–Crippen MR) is 102 cm³/mol. The molecule has 0 bridgehead atoms. The van der Waals surface area contributed by atoms with Crippen molar-refractivity contribution in [1.82, 2.24) is 0 Å². The van der Waals surface area contributed by atoms with Crippen LogP contribution in [0.3, 0.4) is 0 Å². The number of hydrogen-bond donors (Lipinski definition) is 2. The minimum atomic E-state index is -0.682. The number of amides is 1. The largest absolute Gasteiger partial charge is 0.399 e. The molecule has 3 N–H and O–H groups in total. The number of fused-ring (bicyclic) bond motifs is 1. The van der Waals surface area contributed by atoms with Crippen molar-refractivity contribution in [3.8, 4) is 11.1 Å². The molecule has 0 aliphatic carbocycles.